The quantitative estimate of drug-likeness (QED) is 0.859. The average Bonchev–Trinajstić information content (AvgIpc) is 3.04. The maximum absolute atomic E-state index is 13.6. The molecule has 4 heteroatoms. The van der Waals surface area contributed by atoms with Crippen LogP contribution in [-0.2, 0) is 6.54 Å². The smallest absolute Gasteiger partial charge is 0.129 e. The molecule has 0 atom stereocenters. The normalized spacial score (nSPS) is 15.8. The van der Waals surface area contributed by atoms with Crippen molar-refractivity contribution in [2.45, 2.75) is 25.4 Å². The van der Waals surface area contributed by atoms with E-state index in [4.69, 9.17) is 16.7 Å². The van der Waals surface area contributed by atoms with Gasteiger partial charge in [0.25, 0.3) is 0 Å². The highest BCUT2D eigenvalue weighted by molar-refractivity contribution is 6.30. The van der Waals surface area contributed by atoms with Crippen molar-refractivity contribution in [2.24, 2.45) is 0 Å². The molecule has 16 heavy (non-hydrogen) atoms. The van der Waals surface area contributed by atoms with Gasteiger partial charge in [-0.25, -0.2) is 4.39 Å². The molecule has 0 spiro atoms. The van der Waals surface area contributed by atoms with E-state index in [1.807, 2.05) is 0 Å². The average molecular weight is 244 g/mol. The number of aliphatic hydroxyl groups excluding tert-OH is 1. The number of hydrogen-bond donors (Lipinski definition) is 1. The Bertz CT molecular complexity index is 368. The molecule has 0 amide bonds. The molecule has 0 heterocycles. The SMILES string of the molecule is OCCN(Cc1ccc(Cl)cc1F)C1CC1. The molecule has 2 nitrogen and oxygen atoms in total. The zero-order valence-corrected chi connectivity index (χ0v) is 9.75. The lowest BCUT2D eigenvalue weighted by Gasteiger charge is -2.21. The van der Waals surface area contributed by atoms with Crippen LogP contribution in [0.5, 0.6) is 0 Å². The molecule has 1 aliphatic rings. The first-order valence-electron chi connectivity index (χ1n) is 5.49. The molecule has 1 saturated carbocycles. The van der Waals surface area contributed by atoms with Crippen LogP contribution in [-0.4, -0.2) is 29.2 Å². The van der Waals surface area contributed by atoms with Crippen LogP contribution in [0.1, 0.15) is 18.4 Å². The number of nitrogens with zero attached hydrogens (tertiary/aromatic N) is 1. The van der Waals surface area contributed by atoms with Crippen molar-refractivity contribution in [1.82, 2.24) is 4.90 Å². The highest BCUT2D eigenvalue weighted by Gasteiger charge is 2.28. The second-order valence-corrected chi connectivity index (χ2v) is 4.60. The summed E-state index contributed by atoms with van der Waals surface area (Å²) in [5.74, 6) is -0.268. The molecule has 1 fully saturated rings. The van der Waals surface area contributed by atoms with Crippen molar-refractivity contribution in [3.8, 4) is 0 Å². The molecule has 2 rings (SSSR count). The van der Waals surface area contributed by atoms with Gasteiger partial charge in [-0.2, -0.15) is 0 Å². The summed E-state index contributed by atoms with van der Waals surface area (Å²) in [4.78, 5) is 2.12. The third kappa shape index (κ3) is 2.94. The van der Waals surface area contributed by atoms with Crippen LogP contribution in [0.4, 0.5) is 4.39 Å². The zero-order chi connectivity index (χ0) is 11.5. The van der Waals surface area contributed by atoms with Gasteiger partial charge in [0.15, 0.2) is 0 Å². The molecular formula is C12H15ClFNO. The van der Waals surface area contributed by atoms with Gasteiger partial charge in [0, 0.05) is 29.7 Å². The van der Waals surface area contributed by atoms with Crippen molar-refractivity contribution in [3.63, 3.8) is 0 Å². The van der Waals surface area contributed by atoms with E-state index in [2.05, 4.69) is 4.90 Å². The Morgan fingerprint density at radius 1 is 1.44 bits per heavy atom. The van der Waals surface area contributed by atoms with Gasteiger partial charge >= 0.3 is 0 Å². The van der Waals surface area contributed by atoms with Crippen LogP contribution in [0, 0.1) is 5.82 Å². The summed E-state index contributed by atoms with van der Waals surface area (Å²) in [5.41, 5.74) is 0.643. The van der Waals surface area contributed by atoms with Crippen molar-refractivity contribution in [1.29, 1.82) is 0 Å². The summed E-state index contributed by atoms with van der Waals surface area (Å²) in [7, 11) is 0. The number of rotatable bonds is 5. The Kier molecular flexibility index (Phi) is 3.79. The summed E-state index contributed by atoms with van der Waals surface area (Å²) in [6.07, 6.45) is 2.30. The third-order valence-electron chi connectivity index (χ3n) is 2.84. The van der Waals surface area contributed by atoms with Crippen LogP contribution >= 0.6 is 11.6 Å². The largest absolute Gasteiger partial charge is 0.395 e. The van der Waals surface area contributed by atoms with Crippen molar-refractivity contribution >= 4 is 11.6 Å². The molecule has 0 bridgehead atoms. The van der Waals surface area contributed by atoms with E-state index in [0.29, 0.717) is 29.7 Å². The molecule has 1 aromatic rings. The van der Waals surface area contributed by atoms with E-state index < -0.39 is 0 Å². The van der Waals surface area contributed by atoms with E-state index in [1.165, 1.54) is 6.07 Å². The zero-order valence-electron chi connectivity index (χ0n) is 9.00. The molecule has 1 aromatic carbocycles. The Morgan fingerprint density at radius 2 is 2.19 bits per heavy atom. The maximum atomic E-state index is 13.6. The monoisotopic (exact) mass is 243 g/mol. The molecular weight excluding hydrogens is 229 g/mol. The number of halogens is 2. The maximum Gasteiger partial charge on any atom is 0.129 e. The first-order chi connectivity index (χ1) is 7.70. The van der Waals surface area contributed by atoms with Crippen LogP contribution < -0.4 is 0 Å². The Labute approximate surface area is 99.6 Å². The summed E-state index contributed by atoms with van der Waals surface area (Å²) in [5, 5.41) is 9.37. The van der Waals surface area contributed by atoms with Crippen LogP contribution in [0.15, 0.2) is 18.2 Å². The summed E-state index contributed by atoms with van der Waals surface area (Å²) in [6, 6.07) is 5.26. The van der Waals surface area contributed by atoms with Crippen molar-refractivity contribution in [3.05, 3.63) is 34.6 Å². The standard InChI is InChI=1S/C12H15ClFNO/c13-10-2-1-9(12(14)7-10)8-15(5-6-16)11-3-4-11/h1-2,7,11,16H,3-6,8H2. The number of hydrogen-bond acceptors (Lipinski definition) is 2. The van der Waals surface area contributed by atoms with Crippen molar-refractivity contribution in [2.75, 3.05) is 13.2 Å². The molecule has 0 aromatic heterocycles. The Morgan fingerprint density at radius 3 is 2.75 bits per heavy atom. The minimum absolute atomic E-state index is 0.117. The predicted molar refractivity (Wildman–Crippen MR) is 61.9 cm³/mol. The molecule has 0 radical (unpaired) electrons. The fraction of sp³-hybridized carbons (Fsp3) is 0.500. The highest BCUT2D eigenvalue weighted by Crippen LogP contribution is 2.28. The summed E-state index contributed by atoms with van der Waals surface area (Å²) >= 11 is 5.70. The van der Waals surface area contributed by atoms with Gasteiger partial charge in [-0.3, -0.25) is 4.90 Å². The van der Waals surface area contributed by atoms with Gasteiger partial charge in [-0.15, -0.1) is 0 Å². The lowest BCUT2D eigenvalue weighted by atomic mass is 10.2. The van der Waals surface area contributed by atoms with Gasteiger partial charge < -0.3 is 5.11 Å². The number of aliphatic hydroxyl groups is 1. The predicted octanol–water partition coefficient (Wildman–Crippen LogP) is 2.44. The molecule has 1 N–H and O–H groups in total. The fourth-order valence-electron chi connectivity index (χ4n) is 1.83. The van der Waals surface area contributed by atoms with Gasteiger partial charge in [0.2, 0.25) is 0 Å². The Hall–Kier alpha value is -0.640. The minimum Gasteiger partial charge on any atom is -0.395 e. The van der Waals surface area contributed by atoms with Gasteiger partial charge in [-0.05, 0) is 25.0 Å². The van der Waals surface area contributed by atoms with E-state index in [1.54, 1.807) is 12.1 Å². The van der Waals surface area contributed by atoms with Crippen molar-refractivity contribution < 1.29 is 9.50 Å². The topological polar surface area (TPSA) is 23.5 Å². The lowest BCUT2D eigenvalue weighted by molar-refractivity contribution is 0.182. The van der Waals surface area contributed by atoms with E-state index in [-0.39, 0.29) is 12.4 Å². The van der Waals surface area contributed by atoms with Gasteiger partial charge in [-0.1, -0.05) is 17.7 Å². The molecule has 88 valence electrons. The van der Waals surface area contributed by atoms with Crippen LogP contribution in [0.3, 0.4) is 0 Å². The van der Waals surface area contributed by atoms with Gasteiger partial charge in [0.1, 0.15) is 5.82 Å². The highest BCUT2D eigenvalue weighted by atomic mass is 35.5. The second kappa shape index (κ2) is 5.13. The lowest BCUT2D eigenvalue weighted by Crippen LogP contribution is -2.29. The van der Waals surface area contributed by atoms with E-state index in [0.717, 1.165) is 12.8 Å². The molecule has 0 aliphatic heterocycles. The third-order valence-corrected chi connectivity index (χ3v) is 3.07. The minimum atomic E-state index is -0.268. The van der Waals surface area contributed by atoms with E-state index in [9.17, 15) is 4.39 Å². The molecule has 0 unspecified atom stereocenters. The summed E-state index contributed by atoms with van der Waals surface area (Å²) < 4.78 is 13.6. The first kappa shape index (κ1) is 11.8. The van der Waals surface area contributed by atoms with E-state index >= 15 is 0 Å². The van der Waals surface area contributed by atoms with Crippen LogP contribution in [0.2, 0.25) is 5.02 Å². The molecule has 0 saturated heterocycles. The van der Waals surface area contributed by atoms with Crippen LogP contribution in [0.25, 0.3) is 0 Å². The summed E-state index contributed by atoms with van der Waals surface area (Å²) in [6.45, 7) is 1.27. The molecule has 1 aliphatic carbocycles. The second-order valence-electron chi connectivity index (χ2n) is 4.16. The number of benzene rings is 1. The first-order valence-corrected chi connectivity index (χ1v) is 5.87. The Balaban J connectivity index is 2.05. The van der Waals surface area contributed by atoms with Gasteiger partial charge in [0.05, 0.1) is 6.61 Å². The fourth-order valence-corrected chi connectivity index (χ4v) is 1.99.